The highest BCUT2D eigenvalue weighted by atomic mass is 16.7. The van der Waals surface area contributed by atoms with Crippen LogP contribution in [0.25, 0.3) is 0 Å². The Kier molecular flexibility index (Phi) is 5.38. The molecule has 1 atom stereocenters. The van der Waals surface area contributed by atoms with Crippen LogP contribution in [0.4, 0.5) is 4.79 Å². The van der Waals surface area contributed by atoms with Crippen molar-refractivity contribution < 1.29 is 19.0 Å². The van der Waals surface area contributed by atoms with Crippen molar-refractivity contribution >= 4 is 6.09 Å². The van der Waals surface area contributed by atoms with E-state index >= 15 is 0 Å². The molecule has 1 saturated heterocycles. The smallest absolute Gasteiger partial charge is 0.410 e. The van der Waals surface area contributed by atoms with E-state index in [9.17, 15) is 4.79 Å². The van der Waals surface area contributed by atoms with E-state index in [4.69, 9.17) is 14.2 Å². The third-order valence-electron chi connectivity index (χ3n) is 3.54. The van der Waals surface area contributed by atoms with Gasteiger partial charge in [-0.05, 0) is 12.0 Å². The summed E-state index contributed by atoms with van der Waals surface area (Å²) in [4.78, 5) is 13.7. The lowest BCUT2D eigenvalue weighted by molar-refractivity contribution is -0.133. The van der Waals surface area contributed by atoms with Gasteiger partial charge in [-0.25, -0.2) is 4.79 Å². The number of rotatable bonds is 5. The molecule has 0 aliphatic carbocycles. The second-order valence-corrected chi connectivity index (χ2v) is 4.87. The van der Waals surface area contributed by atoms with E-state index in [1.165, 1.54) is 0 Å². The first-order valence-corrected chi connectivity index (χ1v) is 6.75. The number of nitrogens with zero attached hydrogens (tertiary/aromatic N) is 1. The molecular formula is C15H21NO4. The van der Waals surface area contributed by atoms with Crippen molar-refractivity contribution in [2.45, 2.75) is 19.3 Å². The Morgan fingerprint density at radius 2 is 2.00 bits per heavy atom. The first-order chi connectivity index (χ1) is 9.74. The number of amides is 1. The van der Waals surface area contributed by atoms with Crippen LogP contribution in [0.2, 0.25) is 0 Å². The van der Waals surface area contributed by atoms with Gasteiger partial charge < -0.3 is 19.1 Å². The third kappa shape index (κ3) is 3.71. The van der Waals surface area contributed by atoms with Crippen molar-refractivity contribution in [3.63, 3.8) is 0 Å². The molecule has 1 aliphatic rings. The van der Waals surface area contributed by atoms with E-state index in [-0.39, 0.29) is 18.3 Å². The molecule has 1 aliphatic heterocycles. The molecule has 1 aromatic rings. The molecule has 0 radical (unpaired) electrons. The van der Waals surface area contributed by atoms with E-state index in [0.29, 0.717) is 19.7 Å². The minimum absolute atomic E-state index is 0.203. The van der Waals surface area contributed by atoms with Crippen LogP contribution in [0.15, 0.2) is 30.3 Å². The van der Waals surface area contributed by atoms with Crippen LogP contribution in [-0.2, 0) is 20.8 Å². The monoisotopic (exact) mass is 279 g/mol. The normalized spacial score (nSPS) is 18.6. The summed E-state index contributed by atoms with van der Waals surface area (Å²) in [5.74, 6) is 0.203. The first kappa shape index (κ1) is 14.8. The maximum absolute atomic E-state index is 12.0. The zero-order valence-corrected chi connectivity index (χ0v) is 12.0. The topological polar surface area (TPSA) is 48.0 Å². The molecule has 110 valence electrons. The summed E-state index contributed by atoms with van der Waals surface area (Å²) in [5.41, 5.74) is 0.989. The Bertz CT molecular complexity index is 419. The molecule has 5 heteroatoms. The number of hydrogen-bond donors (Lipinski definition) is 0. The molecule has 5 nitrogen and oxygen atoms in total. The molecule has 0 aromatic heterocycles. The lowest BCUT2D eigenvalue weighted by atomic mass is 10.1. The number of ether oxygens (including phenoxy) is 3. The molecule has 0 saturated carbocycles. The van der Waals surface area contributed by atoms with Crippen LogP contribution < -0.4 is 0 Å². The Balaban J connectivity index is 1.79. The third-order valence-corrected chi connectivity index (χ3v) is 3.54. The van der Waals surface area contributed by atoms with Gasteiger partial charge in [-0.3, -0.25) is 0 Å². The van der Waals surface area contributed by atoms with E-state index in [0.717, 1.165) is 12.0 Å². The zero-order valence-electron chi connectivity index (χ0n) is 12.0. The summed E-state index contributed by atoms with van der Waals surface area (Å²) in [6.07, 6.45) is 0.330. The number of hydrogen-bond acceptors (Lipinski definition) is 4. The highest BCUT2D eigenvalue weighted by Gasteiger charge is 2.32. The molecule has 0 N–H and O–H groups in total. The van der Waals surface area contributed by atoms with Gasteiger partial charge in [0.25, 0.3) is 0 Å². The van der Waals surface area contributed by atoms with Gasteiger partial charge in [0.1, 0.15) is 6.61 Å². The summed E-state index contributed by atoms with van der Waals surface area (Å²) in [5, 5.41) is 0. The first-order valence-electron chi connectivity index (χ1n) is 6.75. The van der Waals surface area contributed by atoms with Gasteiger partial charge in [0.15, 0.2) is 6.29 Å². The van der Waals surface area contributed by atoms with E-state index in [1.54, 1.807) is 19.1 Å². The summed E-state index contributed by atoms with van der Waals surface area (Å²) in [6, 6.07) is 9.66. The van der Waals surface area contributed by atoms with E-state index in [2.05, 4.69) is 0 Å². The fourth-order valence-corrected chi connectivity index (χ4v) is 2.47. The highest BCUT2D eigenvalue weighted by molar-refractivity contribution is 5.68. The Morgan fingerprint density at radius 3 is 2.65 bits per heavy atom. The Morgan fingerprint density at radius 1 is 1.30 bits per heavy atom. The number of carbonyl (C=O) groups excluding carboxylic acids is 1. The second-order valence-electron chi connectivity index (χ2n) is 4.87. The molecule has 1 aromatic carbocycles. The average Bonchev–Trinajstić information content (AvgIpc) is 2.97. The van der Waals surface area contributed by atoms with Crippen molar-refractivity contribution in [2.24, 2.45) is 5.92 Å². The Labute approximate surface area is 119 Å². The SMILES string of the molecule is COC(OC)[C@H]1CCN(C(=O)OCc2ccccc2)C1. The van der Waals surface area contributed by atoms with Crippen LogP contribution in [0.5, 0.6) is 0 Å². The lowest BCUT2D eigenvalue weighted by Crippen LogP contribution is -2.32. The van der Waals surface area contributed by atoms with E-state index in [1.807, 2.05) is 30.3 Å². The fraction of sp³-hybridized carbons (Fsp3) is 0.533. The molecule has 20 heavy (non-hydrogen) atoms. The minimum Gasteiger partial charge on any atom is -0.445 e. The number of carbonyl (C=O) groups is 1. The van der Waals surface area contributed by atoms with Crippen LogP contribution in [0.1, 0.15) is 12.0 Å². The molecule has 1 heterocycles. The van der Waals surface area contributed by atoms with Crippen molar-refractivity contribution in [3.05, 3.63) is 35.9 Å². The summed E-state index contributed by atoms with van der Waals surface area (Å²) < 4.78 is 15.8. The second kappa shape index (κ2) is 7.26. The van der Waals surface area contributed by atoms with Crippen molar-refractivity contribution in [3.8, 4) is 0 Å². The van der Waals surface area contributed by atoms with Crippen LogP contribution in [0.3, 0.4) is 0 Å². The molecule has 0 spiro atoms. The molecule has 0 unspecified atom stereocenters. The fourth-order valence-electron chi connectivity index (χ4n) is 2.47. The van der Waals surface area contributed by atoms with E-state index < -0.39 is 0 Å². The molecule has 1 amide bonds. The van der Waals surface area contributed by atoms with Gasteiger partial charge in [-0.15, -0.1) is 0 Å². The maximum Gasteiger partial charge on any atom is 0.410 e. The molecular weight excluding hydrogens is 258 g/mol. The summed E-state index contributed by atoms with van der Waals surface area (Å²) >= 11 is 0. The van der Waals surface area contributed by atoms with Gasteiger partial charge in [0.2, 0.25) is 0 Å². The van der Waals surface area contributed by atoms with Crippen molar-refractivity contribution in [2.75, 3.05) is 27.3 Å². The molecule has 1 fully saturated rings. The number of likely N-dealkylation sites (tertiary alicyclic amines) is 1. The summed E-state index contributed by atoms with van der Waals surface area (Å²) in [7, 11) is 3.23. The van der Waals surface area contributed by atoms with Crippen LogP contribution in [0, 0.1) is 5.92 Å². The van der Waals surface area contributed by atoms with Crippen molar-refractivity contribution in [1.29, 1.82) is 0 Å². The number of methoxy groups -OCH3 is 2. The molecule has 2 rings (SSSR count). The lowest BCUT2D eigenvalue weighted by Gasteiger charge is -2.21. The highest BCUT2D eigenvalue weighted by Crippen LogP contribution is 2.22. The maximum atomic E-state index is 12.0. The van der Waals surface area contributed by atoms with Crippen molar-refractivity contribution in [1.82, 2.24) is 4.90 Å². The Hall–Kier alpha value is -1.59. The predicted octanol–water partition coefficient (Wildman–Crippen LogP) is 2.26. The van der Waals surface area contributed by atoms with Gasteiger partial charge in [0.05, 0.1) is 0 Å². The van der Waals surface area contributed by atoms with Gasteiger partial charge in [-0.2, -0.15) is 0 Å². The summed E-state index contributed by atoms with van der Waals surface area (Å²) in [6.45, 7) is 1.60. The predicted molar refractivity (Wildman–Crippen MR) is 74.1 cm³/mol. The van der Waals surface area contributed by atoms with Crippen LogP contribution in [-0.4, -0.2) is 44.6 Å². The number of benzene rings is 1. The zero-order chi connectivity index (χ0) is 14.4. The minimum atomic E-state index is -0.276. The standard InChI is InChI=1S/C15H21NO4/c1-18-14(19-2)13-8-9-16(10-13)15(17)20-11-12-6-4-3-5-7-12/h3-7,13-14H,8-11H2,1-2H3/t13-/m0/s1. The molecule has 0 bridgehead atoms. The van der Waals surface area contributed by atoms with Gasteiger partial charge >= 0.3 is 6.09 Å². The van der Waals surface area contributed by atoms with Gasteiger partial charge in [-0.1, -0.05) is 30.3 Å². The van der Waals surface area contributed by atoms with Crippen LogP contribution >= 0.6 is 0 Å². The largest absolute Gasteiger partial charge is 0.445 e. The average molecular weight is 279 g/mol. The quantitative estimate of drug-likeness (QED) is 0.776. The van der Waals surface area contributed by atoms with Gasteiger partial charge in [0, 0.05) is 33.2 Å².